The van der Waals surface area contributed by atoms with Crippen LogP contribution in [-0.2, 0) is 5.41 Å². The van der Waals surface area contributed by atoms with Crippen molar-refractivity contribution in [2.24, 2.45) is 11.8 Å². The molecule has 2 aliphatic rings. The number of H-pyrrole nitrogens is 1. The van der Waals surface area contributed by atoms with Gasteiger partial charge in [0.05, 0.1) is 0 Å². The van der Waals surface area contributed by atoms with Gasteiger partial charge >= 0.3 is 0 Å². The van der Waals surface area contributed by atoms with E-state index in [1.54, 1.807) is 17.2 Å². The van der Waals surface area contributed by atoms with Gasteiger partial charge in [-0.15, -0.1) is 0 Å². The van der Waals surface area contributed by atoms with Crippen molar-refractivity contribution in [2.45, 2.75) is 26.2 Å². The van der Waals surface area contributed by atoms with Gasteiger partial charge in [0.15, 0.2) is 5.82 Å². The van der Waals surface area contributed by atoms with Crippen molar-refractivity contribution in [1.82, 2.24) is 34.8 Å². The molecule has 156 valence electrons. The maximum atomic E-state index is 12.9. The normalized spacial score (nSPS) is 21.3. The lowest BCUT2D eigenvalue weighted by Gasteiger charge is -2.22. The molecule has 30 heavy (non-hydrogen) atoms. The number of carbonyl (C=O) groups is 1. The molecule has 9 heteroatoms. The number of nitrogens with one attached hydrogen (secondary N) is 1. The highest BCUT2D eigenvalue weighted by Gasteiger charge is 2.42. The Morgan fingerprint density at radius 2 is 1.80 bits per heavy atom. The SMILES string of the molecule is CC(C)(C)c1cc(C(=O)N2CC3CN(c4cc(-n5cccn5)ncn4)CC3C2)n[nH]1. The van der Waals surface area contributed by atoms with Gasteiger partial charge in [-0.3, -0.25) is 9.89 Å². The molecule has 1 N–H and O–H groups in total. The third-order valence-corrected chi connectivity index (χ3v) is 6.08. The van der Waals surface area contributed by atoms with E-state index < -0.39 is 0 Å². The molecule has 0 aliphatic carbocycles. The largest absolute Gasteiger partial charge is 0.356 e. The lowest BCUT2D eigenvalue weighted by Crippen LogP contribution is -2.33. The van der Waals surface area contributed by atoms with Crippen molar-refractivity contribution in [2.75, 3.05) is 31.1 Å². The van der Waals surface area contributed by atoms with Crippen molar-refractivity contribution in [3.63, 3.8) is 0 Å². The quantitative estimate of drug-likeness (QED) is 0.714. The van der Waals surface area contributed by atoms with Gasteiger partial charge in [0.25, 0.3) is 5.91 Å². The fourth-order valence-corrected chi connectivity index (χ4v) is 4.36. The summed E-state index contributed by atoms with van der Waals surface area (Å²) in [6, 6.07) is 5.73. The third-order valence-electron chi connectivity index (χ3n) is 6.08. The Morgan fingerprint density at radius 1 is 1.07 bits per heavy atom. The number of likely N-dealkylation sites (tertiary alicyclic amines) is 1. The van der Waals surface area contributed by atoms with Crippen LogP contribution in [0.25, 0.3) is 5.82 Å². The molecule has 0 spiro atoms. The smallest absolute Gasteiger partial charge is 0.274 e. The molecule has 2 fully saturated rings. The van der Waals surface area contributed by atoms with E-state index >= 15 is 0 Å². The molecule has 0 radical (unpaired) electrons. The summed E-state index contributed by atoms with van der Waals surface area (Å²) in [5.74, 6) is 2.57. The molecule has 0 bridgehead atoms. The third kappa shape index (κ3) is 3.34. The number of hydrogen-bond donors (Lipinski definition) is 1. The molecule has 1 amide bonds. The summed E-state index contributed by atoms with van der Waals surface area (Å²) < 4.78 is 1.73. The number of aromatic nitrogens is 6. The lowest BCUT2D eigenvalue weighted by molar-refractivity contribution is 0.0776. The molecule has 0 aromatic carbocycles. The van der Waals surface area contributed by atoms with Crippen molar-refractivity contribution in [1.29, 1.82) is 0 Å². The number of carbonyl (C=O) groups excluding carboxylic acids is 1. The highest BCUT2D eigenvalue weighted by molar-refractivity contribution is 5.92. The molecule has 2 aliphatic heterocycles. The molecule has 2 unspecified atom stereocenters. The number of amides is 1. The van der Waals surface area contributed by atoms with Crippen LogP contribution in [0.5, 0.6) is 0 Å². The van der Waals surface area contributed by atoms with Gasteiger partial charge in [-0.1, -0.05) is 20.8 Å². The summed E-state index contributed by atoms with van der Waals surface area (Å²) in [4.78, 5) is 26.0. The van der Waals surface area contributed by atoms with Crippen LogP contribution in [-0.4, -0.2) is 66.9 Å². The monoisotopic (exact) mass is 406 g/mol. The van der Waals surface area contributed by atoms with E-state index in [2.05, 4.69) is 50.9 Å². The van der Waals surface area contributed by atoms with Gasteiger partial charge in [0, 0.05) is 67.6 Å². The van der Waals surface area contributed by atoms with Crippen molar-refractivity contribution >= 4 is 11.7 Å². The fraction of sp³-hybridized carbons (Fsp3) is 0.476. The van der Waals surface area contributed by atoms with Crippen LogP contribution < -0.4 is 4.90 Å². The van der Waals surface area contributed by atoms with E-state index in [-0.39, 0.29) is 11.3 Å². The summed E-state index contributed by atoms with van der Waals surface area (Å²) in [6.45, 7) is 9.61. The Bertz CT molecular complexity index is 1040. The van der Waals surface area contributed by atoms with Gasteiger partial charge in [0.1, 0.15) is 17.8 Å². The Labute approximate surface area is 175 Å². The second-order valence-corrected chi connectivity index (χ2v) is 9.24. The molecule has 2 saturated heterocycles. The summed E-state index contributed by atoms with van der Waals surface area (Å²) >= 11 is 0. The molecular weight excluding hydrogens is 380 g/mol. The first-order valence-electron chi connectivity index (χ1n) is 10.3. The zero-order valence-electron chi connectivity index (χ0n) is 17.5. The van der Waals surface area contributed by atoms with Crippen LogP contribution in [0.4, 0.5) is 5.82 Å². The second-order valence-electron chi connectivity index (χ2n) is 9.24. The summed E-state index contributed by atoms with van der Waals surface area (Å²) in [5, 5.41) is 11.5. The number of rotatable bonds is 3. The number of anilines is 1. The Balaban J connectivity index is 1.25. The second kappa shape index (κ2) is 6.93. The summed E-state index contributed by atoms with van der Waals surface area (Å²) in [5.41, 5.74) is 1.43. The van der Waals surface area contributed by atoms with Gasteiger partial charge in [0.2, 0.25) is 0 Å². The lowest BCUT2D eigenvalue weighted by atomic mass is 9.92. The van der Waals surface area contributed by atoms with Gasteiger partial charge in [-0.05, 0) is 12.1 Å². The minimum Gasteiger partial charge on any atom is -0.356 e. The van der Waals surface area contributed by atoms with Crippen molar-refractivity contribution in [3.05, 3.63) is 48.3 Å². The minimum atomic E-state index is -0.0554. The predicted octanol–water partition coefficient (Wildman–Crippen LogP) is 1.89. The Morgan fingerprint density at radius 3 is 2.43 bits per heavy atom. The van der Waals surface area contributed by atoms with Crippen molar-refractivity contribution in [3.8, 4) is 5.82 Å². The number of fused-ring (bicyclic) bond motifs is 1. The Kier molecular flexibility index (Phi) is 4.34. The van der Waals surface area contributed by atoms with Crippen molar-refractivity contribution < 1.29 is 4.79 Å². The van der Waals surface area contributed by atoms with Crippen LogP contribution in [0.2, 0.25) is 0 Å². The van der Waals surface area contributed by atoms with Gasteiger partial charge in [-0.2, -0.15) is 10.2 Å². The first-order valence-corrected chi connectivity index (χ1v) is 10.3. The number of hydrogen-bond acceptors (Lipinski definition) is 6. The molecular formula is C21H26N8O. The first-order chi connectivity index (χ1) is 14.4. The molecule has 2 atom stereocenters. The minimum absolute atomic E-state index is 0.0192. The van der Waals surface area contributed by atoms with Crippen LogP contribution >= 0.6 is 0 Å². The van der Waals surface area contributed by atoms with Gasteiger partial charge in [-0.25, -0.2) is 14.6 Å². The molecule has 3 aromatic heterocycles. The van der Waals surface area contributed by atoms with Crippen LogP contribution in [0.15, 0.2) is 36.9 Å². The van der Waals surface area contributed by atoms with E-state index in [9.17, 15) is 4.79 Å². The van der Waals surface area contributed by atoms with E-state index in [0.717, 1.165) is 43.5 Å². The molecule has 5 rings (SSSR count). The average Bonchev–Trinajstić information content (AvgIpc) is 3.50. The predicted molar refractivity (Wildman–Crippen MR) is 112 cm³/mol. The highest BCUT2D eigenvalue weighted by atomic mass is 16.2. The molecule has 9 nitrogen and oxygen atoms in total. The van der Waals surface area contributed by atoms with E-state index in [0.29, 0.717) is 17.5 Å². The maximum absolute atomic E-state index is 12.9. The fourth-order valence-electron chi connectivity index (χ4n) is 4.36. The number of aromatic amines is 1. The van der Waals surface area contributed by atoms with Crippen LogP contribution in [0.3, 0.4) is 0 Å². The average molecular weight is 406 g/mol. The topological polar surface area (TPSA) is 95.8 Å². The molecule has 0 saturated carbocycles. The maximum Gasteiger partial charge on any atom is 0.274 e. The molecule has 5 heterocycles. The van der Waals surface area contributed by atoms with Crippen LogP contribution in [0, 0.1) is 11.8 Å². The summed E-state index contributed by atoms with van der Waals surface area (Å²) in [6.07, 6.45) is 5.19. The van der Waals surface area contributed by atoms with E-state index in [1.807, 2.05) is 29.3 Å². The first kappa shape index (κ1) is 18.8. The zero-order chi connectivity index (χ0) is 20.9. The standard InChI is InChI=1S/C21H26N8O/c1-21(2,3)17-7-16(25-26-17)20(30)28-11-14-9-27(10-15(14)12-28)18-8-19(23-13-22-18)29-6-4-5-24-29/h4-8,13-15H,9-12H2,1-3H3,(H,25,26). The highest BCUT2D eigenvalue weighted by Crippen LogP contribution is 2.34. The van der Waals surface area contributed by atoms with E-state index in [1.165, 1.54) is 0 Å². The number of nitrogens with zero attached hydrogens (tertiary/aromatic N) is 7. The van der Waals surface area contributed by atoms with Gasteiger partial charge < -0.3 is 9.80 Å². The molecule has 3 aromatic rings. The van der Waals surface area contributed by atoms with Crippen LogP contribution in [0.1, 0.15) is 37.0 Å². The summed E-state index contributed by atoms with van der Waals surface area (Å²) in [7, 11) is 0. The zero-order valence-corrected chi connectivity index (χ0v) is 17.5. The Hall–Kier alpha value is -3.23. The van der Waals surface area contributed by atoms with E-state index in [4.69, 9.17) is 0 Å².